The van der Waals surface area contributed by atoms with Gasteiger partial charge in [-0.15, -0.1) is 0 Å². The fourth-order valence-electron chi connectivity index (χ4n) is 4.78. The van der Waals surface area contributed by atoms with E-state index in [1.165, 1.54) is 6.08 Å². The van der Waals surface area contributed by atoms with Crippen molar-refractivity contribution in [2.24, 2.45) is 11.8 Å². The Balaban J connectivity index is 1.68. The summed E-state index contributed by atoms with van der Waals surface area (Å²) in [5.41, 5.74) is 0.744. The number of aliphatic hydroxyl groups is 3. The van der Waals surface area contributed by atoms with Crippen molar-refractivity contribution in [2.45, 2.75) is 115 Å². The molecule has 4 N–H and O–H groups in total. The second kappa shape index (κ2) is 14.9. The van der Waals surface area contributed by atoms with Crippen molar-refractivity contribution in [3.63, 3.8) is 0 Å². The molecule has 2 heterocycles. The molecule has 8 atom stereocenters. The van der Waals surface area contributed by atoms with Crippen LogP contribution in [0.15, 0.2) is 11.6 Å². The summed E-state index contributed by atoms with van der Waals surface area (Å²) in [7, 11) is 0. The average molecular weight is 501 g/mol. The zero-order chi connectivity index (χ0) is 26.0. The molecular weight excluding hydrogens is 456 g/mol. The molecule has 202 valence electrons. The van der Waals surface area contributed by atoms with Crippen LogP contribution in [0.3, 0.4) is 0 Å². The lowest BCUT2D eigenvalue weighted by Crippen LogP contribution is -2.48. The molecule has 2 rings (SSSR count). The highest BCUT2D eigenvalue weighted by molar-refractivity contribution is 5.82. The normalized spacial score (nSPS) is 29.3. The maximum absolute atomic E-state index is 12.1. The molecule has 0 spiro atoms. The maximum Gasteiger partial charge on any atom is 0.330 e. The summed E-state index contributed by atoms with van der Waals surface area (Å²) in [6.07, 6.45) is 4.09. The van der Waals surface area contributed by atoms with Crippen molar-refractivity contribution in [3.8, 4) is 0 Å². The van der Waals surface area contributed by atoms with Gasteiger partial charge in [0.05, 0.1) is 43.7 Å². The number of carbonyl (C=O) groups excluding carboxylic acids is 1. The highest BCUT2D eigenvalue weighted by atomic mass is 16.6. The minimum absolute atomic E-state index is 0.0199. The predicted molar refractivity (Wildman–Crippen MR) is 129 cm³/mol. The topological polar surface area (TPSA) is 143 Å². The van der Waals surface area contributed by atoms with Crippen LogP contribution in [0.4, 0.5) is 0 Å². The van der Waals surface area contributed by atoms with Gasteiger partial charge >= 0.3 is 11.9 Å². The number of carboxylic acids is 1. The van der Waals surface area contributed by atoms with Gasteiger partial charge in [-0.05, 0) is 39.5 Å². The van der Waals surface area contributed by atoms with Crippen LogP contribution in [0.1, 0.15) is 78.6 Å². The van der Waals surface area contributed by atoms with Gasteiger partial charge in [0.15, 0.2) is 0 Å². The largest absolute Gasteiger partial charge is 0.481 e. The first-order chi connectivity index (χ1) is 16.6. The summed E-state index contributed by atoms with van der Waals surface area (Å²) in [4.78, 5) is 22.6. The highest BCUT2D eigenvalue weighted by Crippen LogP contribution is 2.38. The Morgan fingerprint density at radius 2 is 1.74 bits per heavy atom. The quantitative estimate of drug-likeness (QED) is 0.152. The third kappa shape index (κ3) is 9.80. The van der Waals surface area contributed by atoms with Gasteiger partial charge in [-0.1, -0.05) is 38.2 Å². The minimum atomic E-state index is -0.873. The van der Waals surface area contributed by atoms with Crippen LogP contribution in [0.2, 0.25) is 0 Å². The zero-order valence-electron chi connectivity index (χ0n) is 21.3. The number of hydrogen-bond donors (Lipinski definition) is 4. The van der Waals surface area contributed by atoms with Gasteiger partial charge in [0.2, 0.25) is 0 Å². The van der Waals surface area contributed by atoms with Gasteiger partial charge < -0.3 is 34.6 Å². The van der Waals surface area contributed by atoms with Crippen molar-refractivity contribution in [1.29, 1.82) is 0 Å². The number of carboxylic acid groups (broad SMARTS) is 1. The molecular formula is C26H44O9. The summed E-state index contributed by atoms with van der Waals surface area (Å²) in [6.45, 7) is 5.96. The van der Waals surface area contributed by atoms with E-state index in [0.717, 1.165) is 37.7 Å². The first-order valence-electron chi connectivity index (χ1n) is 13.0. The molecule has 0 aromatic heterocycles. The number of aliphatic hydroxyl groups excluding tert-OH is 3. The monoisotopic (exact) mass is 500 g/mol. The molecule has 2 aliphatic heterocycles. The highest BCUT2D eigenvalue weighted by Gasteiger charge is 2.48. The molecule has 9 nitrogen and oxygen atoms in total. The van der Waals surface area contributed by atoms with Gasteiger partial charge in [-0.3, -0.25) is 4.79 Å². The summed E-state index contributed by atoms with van der Waals surface area (Å²) in [5, 5.41) is 39.7. The molecule has 8 unspecified atom stereocenters. The van der Waals surface area contributed by atoms with Crippen LogP contribution in [0, 0.1) is 11.8 Å². The Bertz CT molecular complexity index is 692. The van der Waals surface area contributed by atoms with Crippen molar-refractivity contribution < 1.29 is 44.2 Å². The van der Waals surface area contributed by atoms with Crippen molar-refractivity contribution in [2.75, 3.05) is 13.2 Å². The van der Waals surface area contributed by atoms with Crippen LogP contribution >= 0.6 is 0 Å². The fourth-order valence-corrected chi connectivity index (χ4v) is 4.78. The predicted octanol–water partition coefficient (Wildman–Crippen LogP) is 2.59. The van der Waals surface area contributed by atoms with E-state index >= 15 is 0 Å². The van der Waals surface area contributed by atoms with Crippen molar-refractivity contribution in [1.82, 2.24) is 0 Å². The Kier molecular flexibility index (Phi) is 12.6. The third-order valence-corrected chi connectivity index (χ3v) is 7.17. The summed E-state index contributed by atoms with van der Waals surface area (Å²) in [6, 6.07) is 0. The molecule has 35 heavy (non-hydrogen) atoms. The summed E-state index contributed by atoms with van der Waals surface area (Å²) >= 11 is 0. The molecule has 0 saturated carbocycles. The Morgan fingerprint density at radius 1 is 1.09 bits per heavy atom. The summed E-state index contributed by atoms with van der Waals surface area (Å²) < 4.78 is 17.1. The number of rotatable bonds is 15. The number of carbonyl (C=O) groups is 2. The lowest BCUT2D eigenvalue weighted by Gasteiger charge is -2.36. The van der Waals surface area contributed by atoms with E-state index in [0.29, 0.717) is 32.5 Å². The molecule has 2 saturated heterocycles. The molecule has 0 aliphatic carbocycles. The van der Waals surface area contributed by atoms with Gasteiger partial charge in [-0.2, -0.15) is 0 Å². The van der Waals surface area contributed by atoms with Crippen LogP contribution in [0.5, 0.6) is 0 Å². The van der Waals surface area contributed by atoms with E-state index in [1.54, 1.807) is 20.8 Å². The molecule has 2 aliphatic rings. The Morgan fingerprint density at radius 3 is 2.40 bits per heavy atom. The number of ether oxygens (including phenoxy) is 3. The molecule has 0 radical (unpaired) electrons. The maximum atomic E-state index is 12.1. The van der Waals surface area contributed by atoms with Crippen molar-refractivity contribution >= 4 is 11.9 Å². The zero-order valence-corrected chi connectivity index (χ0v) is 21.3. The van der Waals surface area contributed by atoms with Gasteiger partial charge in [0, 0.05) is 24.3 Å². The van der Waals surface area contributed by atoms with E-state index in [1.807, 2.05) is 0 Å². The number of aliphatic carboxylic acids is 1. The van der Waals surface area contributed by atoms with Gasteiger partial charge in [0.25, 0.3) is 0 Å². The molecule has 9 heteroatoms. The first-order valence-corrected chi connectivity index (χ1v) is 13.0. The SMILES string of the molecule is C/C(=C\C(=O)OCCCCCCCCC(=O)O)CC1OCC2CC(C(O)C(C)C(C)O)OC2C1O. The molecule has 2 fully saturated rings. The smallest absolute Gasteiger partial charge is 0.330 e. The Hall–Kier alpha value is -1.52. The second-order valence-electron chi connectivity index (χ2n) is 10.2. The Labute approximate surface area is 208 Å². The van der Waals surface area contributed by atoms with E-state index < -0.39 is 48.6 Å². The minimum Gasteiger partial charge on any atom is -0.481 e. The first kappa shape index (κ1) is 29.7. The summed E-state index contributed by atoms with van der Waals surface area (Å²) in [5.74, 6) is -1.53. The van der Waals surface area contributed by atoms with E-state index in [9.17, 15) is 24.9 Å². The lowest BCUT2D eigenvalue weighted by atomic mass is 9.87. The standard InChI is InChI=1S/C26H44O9/c1-16(13-23(30)33-11-9-7-5-4-6-8-10-22(28)29)12-20-25(32)26-19(15-34-20)14-21(35-26)24(31)17(2)18(3)27/h13,17-21,24-27,31-32H,4-12,14-15H2,1-3H3,(H,28,29)/b16-13+. The number of hydrogen-bond acceptors (Lipinski definition) is 8. The van der Waals surface area contributed by atoms with Gasteiger partial charge in [0.1, 0.15) is 6.10 Å². The number of esters is 1. The van der Waals surface area contributed by atoms with Crippen LogP contribution in [0.25, 0.3) is 0 Å². The number of fused-ring (bicyclic) bond motifs is 1. The van der Waals surface area contributed by atoms with Crippen LogP contribution < -0.4 is 0 Å². The third-order valence-electron chi connectivity index (χ3n) is 7.17. The van der Waals surface area contributed by atoms with Crippen LogP contribution in [-0.4, -0.2) is 82.2 Å². The van der Waals surface area contributed by atoms with Crippen LogP contribution in [-0.2, 0) is 23.8 Å². The van der Waals surface area contributed by atoms with E-state index in [-0.39, 0.29) is 18.3 Å². The van der Waals surface area contributed by atoms with Gasteiger partial charge in [-0.25, -0.2) is 4.79 Å². The lowest BCUT2D eigenvalue weighted by molar-refractivity contribution is -0.170. The number of unbranched alkanes of at least 4 members (excludes halogenated alkanes) is 5. The van der Waals surface area contributed by atoms with Crippen molar-refractivity contribution in [3.05, 3.63) is 11.6 Å². The van der Waals surface area contributed by atoms with E-state index in [2.05, 4.69) is 0 Å². The molecule has 0 aromatic carbocycles. The average Bonchev–Trinajstić information content (AvgIpc) is 3.23. The molecule has 0 amide bonds. The molecule has 0 bridgehead atoms. The van der Waals surface area contributed by atoms with E-state index in [4.69, 9.17) is 19.3 Å². The molecule has 0 aromatic rings. The second-order valence-corrected chi connectivity index (χ2v) is 10.2. The fraction of sp³-hybridized carbons (Fsp3) is 0.846.